The summed E-state index contributed by atoms with van der Waals surface area (Å²) in [6, 6.07) is 10.6. The van der Waals surface area contributed by atoms with Crippen molar-refractivity contribution in [2.24, 2.45) is 0 Å². The fourth-order valence-corrected chi connectivity index (χ4v) is 1.83. The van der Waals surface area contributed by atoms with Crippen LogP contribution in [0.2, 0.25) is 0 Å². The second-order valence-electron chi connectivity index (χ2n) is 4.11. The third kappa shape index (κ3) is 5.13. The smallest absolute Gasteiger partial charge is 0.0431 e. The molecule has 0 radical (unpaired) electrons. The summed E-state index contributed by atoms with van der Waals surface area (Å²) < 4.78 is 0. The van der Waals surface area contributed by atoms with E-state index in [0.717, 1.165) is 32.1 Å². The quantitative estimate of drug-likeness (QED) is 0.546. The van der Waals surface area contributed by atoms with E-state index in [4.69, 9.17) is 5.11 Å². The van der Waals surface area contributed by atoms with Crippen molar-refractivity contribution in [1.29, 1.82) is 0 Å². The Morgan fingerprint density at radius 2 is 1.88 bits per heavy atom. The number of rotatable bonds is 7. The van der Waals surface area contributed by atoms with Crippen molar-refractivity contribution in [2.45, 2.75) is 39.0 Å². The zero-order valence-electron chi connectivity index (χ0n) is 10.2. The third-order valence-corrected chi connectivity index (χ3v) is 2.89. The molecule has 0 aliphatic heterocycles. The predicted molar refractivity (Wildman–Crippen MR) is 69.5 cm³/mol. The van der Waals surface area contributed by atoms with Crippen LogP contribution in [0, 0.1) is 0 Å². The van der Waals surface area contributed by atoms with E-state index >= 15 is 0 Å². The Kier molecular flexibility index (Phi) is 6.59. The predicted octanol–water partition coefficient (Wildman–Crippen LogP) is 3.73. The largest absolute Gasteiger partial charge is 0.396 e. The van der Waals surface area contributed by atoms with E-state index in [-0.39, 0.29) is 0 Å². The molecule has 1 N–H and O–H groups in total. The fraction of sp³-hybridized carbons (Fsp3) is 0.467. The second kappa shape index (κ2) is 8.12. The van der Waals surface area contributed by atoms with Gasteiger partial charge in [-0.1, -0.05) is 42.0 Å². The number of unbranched alkanes of at least 4 members (excludes halogenated alkanes) is 1. The molecule has 0 fully saturated rings. The molecule has 1 aromatic rings. The van der Waals surface area contributed by atoms with Crippen LogP contribution in [0.1, 0.15) is 38.2 Å². The Hall–Kier alpha value is -1.08. The summed E-state index contributed by atoms with van der Waals surface area (Å²) >= 11 is 0. The zero-order valence-corrected chi connectivity index (χ0v) is 10.2. The van der Waals surface area contributed by atoms with Gasteiger partial charge in [0.1, 0.15) is 0 Å². The first kappa shape index (κ1) is 13.0. The molecule has 16 heavy (non-hydrogen) atoms. The van der Waals surface area contributed by atoms with Crippen LogP contribution in [0.25, 0.3) is 0 Å². The van der Waals surface area contributed by atoms with Crippen molar-refractivity contribution in [3.63, 3.8) is 0 Å². The van der Waals surface area contributed by atoms with Crippen LogP contribution >= 0.6 is 0 Å². The number of aryl methyl sites for hydroxylation is 1. The Bertz CT molecular complexity index is 300. The number of hydrogen-bond donors (Lipinski definition) is 1. The Labute approximate surface area is 98.8 Å². The van der Waals surface area contributed by atoms with E-state index in [1.165, 1.54) is 11.1 Å². The molecule has 0 aliphatic rings. The van der Waals surface area contributed by atoms with Crippen LogP contribution in [0.15, 0.2) is 42.0 Å². The van der Waals surface area contributed by atoms with Gasteiger partial charge < -0.3 is 5.11 Å². The van der Waals surface area contributed by atoms with Crippen LogP contribution in [0.4, 0.5) is 0 Å². The van der Waals surface area contributed by atoms with Gasteiger partial charge in [-0.05, 0) is 44.6 Å². The standard InChI is InChI=1S/C15H22O/c1-2-14(8-6-7-13-16)11-12-15-9-4-3-5-10-15/h2-5,9-10,16H,6-8,11-13H2,1H3. The maximum absolute atomic E-state index is 8.74. The summed E-state index contributed by atoms with van der Waals surface area (Å²) in [5.74, 6) is 0. The lowest BCUT2D eigenvalue weighted by Gasteiger charge is -2.06. The minimum atomic E-state index is 0.315. The van der Waals surface area contributed by atoms with Gasteiger partial charge in [-0.2, -0.15) is 0 Å². The van der Waals surface area contributed by atoms with Crippen molar-refractivity contribution in [1.82, 2.24) is 0 Å². The van der Waals surface area contributed by atoms with E-state index in [1.54, 1.807) is 0 Å². The molecule has 1 nitrogen and oxygen atoms in total. The fourth-order valence-electron chi connectivity index (χ4n) is 1.83. The summed E-state index contributed by atoms with van der Waals surface area (Å²) in [6.45, 7) is 2.43. The normalized spacial score (nSPS) is 11.8. The lowest BCUT2D eigenvalue weighted by atomic mass is 10.0. The van der Waals surface area contributed by atoms with Crippen molar-refractivity contribution in [3.05, 3.63) is 47.5 Å². The van der Waals surface area contributed by atoms with E-state index in [1.807, 2.05) is 0 Å². The van der Waals surface area contributed by atoms with Crippen LogP contribution < -0.4 is 0 Å². The molecule has 0 saturated heterocycles. The monoisotopic (exact) mass is 218 g/mol. The van der Waals surface area contributed by atoms with Gasteiger partial charge in [-0.25, -0.2) is 0 Å². The summed E-state index contributed by atoms with van der Waals surface area (Å²) in [4.78, 5) is 0. The number of allylic oxidation sites excluding steroid dienone is 2. The third-order valence-electron chi connectivity index (χ3n) is 2.89. The van der Waals surface area contributed by atoms with E-state index < -0.39 is 0 Å². The lowest BCUT2D eigenvalue weighted by molar-refractivity contribution is 0.284. The van der Waals surface area contributed by atoms with Gasteiger partial charge in [0.15, 0.2) is 0 Å². The van der Waals surface area contributed by atoms with Gasteiger partial charge in [0, 0.05) is 6.61 Å². The van der Waals surface area contributed by atoms with Gasteiger partial charge in [0.2, 0.25) is 0 Å². The molecule has 0 aromatic heterocycles. The van der Waals surface area contributed by atoms with Crippen molar-refractivity contribution >= 4 is 0 Å². The summed E-state index contributed by atoms with van der Waals surface area (Å²) in [5, 5.41) is 8.74. The molecule has 88 valence electrons. The van der Waals surface area contributed by atoms with Crippen LogP contribution in [-0.2, 0) is 6.42 Å². The molecule has 0 spiro atoms. The van der Waals surface area contributed by atoms with E-state index in [0.29, 0.717) is 6.61 Å². The van der Waals surface area contributed by atoms with E-state index in [2.05, 4.69) is 43.3 Å². The molecule has 0 heterocycles. The van der Waals surface area contributed by atoms with Crippen LogP contribution in [0.5, 0.6) is 0 Å². The van der Waals surface area contributed by atoms with Gasteiger partial charge in [0.05, 0.1) is 0 Å². The highest BCUT2D eigenvalue weighted by Gasteiger charge is 1.98. The zero-order chi connectivity index (χ0) is 11.6. The number of benzene rings is 1. The first-order valence-electron chi connectivity index (χ1n) is 6.15. The summed E-state index contributed by atoms with van der Waals surface area (Å²) in [7, 11) is 0. The van der Waals surface area contributed by atoms with Crippen molar-refractivity contribution in [2.75, 3.05) is 6.61 Å². The number of aliphatic hydroxyl groups is 1. The number of hydrogen-bond acceptors (Lipinski definition) is 1. The molecule has 0 amide bonds. The Morgan fingerprint density at radius 1 is 1.12 bits per heavy atom. The lowest BCUT2D eigenvalue weighted by Crippen LogP contribution is -1.91. The minimum Gasteiger partial charge on any atom is -0.396 e. The maximum atomic E-state index is 8.74. The van der Waals surface area contributed by atoms with Gasteiger partial charge in [0.25, 0.3) is 0 Å². The first-order chi connectivity index (χ1) is 7.86. The van der Waals surface area contributed by atoms with E-state index in [9.17, 15) is 0 Å². The van der Waals surface area contributed by atoms with Crippen LogP contribution in [-0.4, -0.2) is 11.7 Å². The molecule has 0 aliphatic carbocycles. The summed E-state index contributed by atoms with van der Waals surface area (Å²) in [5.41, 5.74) is 2.92. The first-order valence-corrected chi connectivity index (χ1v) is 6.15. The molecular weight excluding hydrogens is 196 g/mol. The average molecular weight is 218 g/mol. The molecular formula is C15H22O. The van der Waals surface area contributed by atoms with Crippen molar-refractivity contribution in [3.8, 4) is 0 Å². The summed E-state index contributed by atoms with van der Waals surface area (Å²) in [6.07, 6.45) is 7.64. The van der Waals surface area contributed by atoms with Crippen LogP contribution in [0.3, 0.4) is 0 Å². The molecule has 0 unspecified atom stereocenters. The minimum absolute atomic E-state index is 0.315. The molecule has 1 rings (SSSR count). The maximum Gasteiger partial charge on any atom is 0.0431 e. The van der Waals surface area contributed by atoms with Gasteiger partial charge in [-0.15, -0.1) is 0 Å². The molecule has 0 atom stereocenters. The topological polar surface area (TPSA) is 20.2 Å². The molecule has 1 heteroatoms. The Balaban J connectivity index is 2.29. The molecule has 0 saturated carbocycles. The van der Waals surface area contributed by atoms with Crippen molar-refractivity contribution < 1.29 is 5.11 Å². The molecule has 0 bridgehead atoms. The van der Waals surface area contributed by atoms with Gasteiger partial charge in [-0.3, -0.25) is 0 Å². The number of aliphatic hydroxyl groups excluding tert-OH is 1. The highest BCUT2D eigenvalue weighted by Crippen LogP contribution is 2.14. The second-order valence-corrected chi connectivity index (χ2v) is 4.11. The highest BCUT2D eigenvalue weighted by atomic mass is 16.2. The highest BCUT2D eigenvalue weighted by molar-refractivity contribution is 5.16. The Morgan fingerprint density at radius 3 is 2.50 bits per heavy atom. The molecule has 1 aromatic carbocycles. The average Bonchev–Trinajstić information content (AvgIpc) is 2.35. The van der Waals surface area contributed by atoms with Gasteiger partial charge >= 0.3 is 0 Å². The SMILES string of the molecule is CC=C(CCCCO)CCc1ccccc1.